The van der Waals surface area contributed by atoms with Crippen molar-refractivity contribution >= 4 is 28.4 Å². The molecule has 3 heterocycles. The van der Waals surface area contributed by atoms with Gasteiger partial charge in [0.1, 0.15) is 11.3 Å². The van der Waals surface area contributed by atoms with Crippen LogP contribution in [0.15, 0.2) is 79.1 Å². The molecule has 0 bridgehead atoms. The summed E-state index contributed by atoms with van der Waals surface area (Å²) in [5.41, 5.74) is 7.06. The molecule has 0 atom stereocenters. The zero-order valence-electron chi connectivity index (χ0n) is 20.5. The van der Waals surface area contributed by atoms with Crippen LogP contribution in [0.25, 0.3) is 33.4 Å². The minimum atomic E-state index is -0.300. The molecule has 5 aromatic rings. The van der Waals surface area contributed by atoms with Crippen LogP contribution in [0.4, 0.5) is 16.2 Å². The Hall–Kier alpha value is -4.47. The van der Waals surface area contributed by atoms with Gasteiger partial charge in [0.25, 0.3) is 0 Å². The van der Waals surface area contributed by atoms with Crippen molar-refractivity contribution in [1.82, 2.24) is 25.1 Å². The molecule has 0 radical (unpaired) electrons. The number of H-pyrrole nitrogens is 1. The van der Waals surface area contributed by atoms with Gasteiger partial charge in [-0.25, -0.2) is 9.78 Å². The molecular weight excluding hydrogens is 466 g/mol. The largest absolute Gasteiger partial charge is 0.395 e. The lowest BCUT2D eigenvalue weighted by Gasteiger charge is -2.09. The van der Waals surface area contributed by atoms with E-state index in [0.717, 1.165) is 51.3 Å². The van der Waals surface area contributed by atoms with Gasteiger partial charge >= 0.3 is 6.03 Å². The fourth-order valence-electron chi connectivity index (χ4n) is 4.23. The van der Waals surface area contributed by atoms with Crippen LogP contribution in [-0.4, -0.2) is 44.0 Å². The first-order chi connectivity index (χ1) is 18.1. The molecule has 0 saturated heterocycles. The van der Waals surface area contributed by atoms with Crippen molar-refractivity contribution in [3.63, 3.8) is 0 Å². The Kier molecular flexibility index (Phi) is 7.25. The lowest BCUT2D eigenvalue weighted by molar-refractivity contribution is 0.262. The van der Waals surface area contributed by atoms with Gasteiger partial charge in [-0.15, -0.1) is 0 Å². The highest BCUT2D eigenvalue weighted by Gasteiger charge is 2.17. The number of hydrogen-bond donors (Lipinski definition) is 5. The normalized spacial score (nSPS) is 11.1. The maximum absolute atomic E-state index is 12.4. The standard InChI is InChI=1S/C28H29N7O2/c1-2-35-18-25(23-12-13-30-27-24(23)16-22(31-27)17-29-14-15-36)26(34-35)19-8-10-21(11-9-19)33-28(37)32-20-6-4-3-5-7-20/h3-13,16,18,29,36H,2,14-15,17H2,1H3,(H,30,31)(H2,32,33,37). The number of anilines is 2. The Morgan fingerprint density at radius 3 is 2.49 bits per heavy atom. The highest BCUT2D eigenvalue weighted by Crippen LogP contribution is 2.35. The van der Waals surface area contributed by atoms with E-state index in [2.05, 4.69) is 45.1 Å². The van der Waals surface area contributed by atoms with Gasteiger partial charge in [-0.2, -0.15) is 5.10 Å². The second-order valence-corrected chi connectivity index (χ2v) is 8.59. The van der Waals surface area contributed by atoms with Crippen LogP contribution in [0.2, 0.25) is 0 Å². The van der Waals surface area contributed by atoms with Crippen LogP contribution in [0.1, 0.15) is 12.6 Å². The maximum atomic E-state index is 12.4. The molecule has 0 aliphatic rings. The smallest absolute Gasteiger partial charge is 0.323 e. The summed E-state index contributed by atoms with van der Waals surface area (Å²) in [4.78, 5) is 20.2. The van der Waals surface area contributed by atoms with Crippen LogP contribution < -0.4 is 16.0 Å². The van der Waals surface area contributed by atoms with Crippen molar-refractivity contribution in [2.45, 2.75) is 20.0 Å². The summed E-state index contributed by atoms with van der Waals surface area (Å²) in [6, 6.07) is 20.8. The van der Waals surface area contributed by atoms with Crippen molar-refractivity contribution in [1.29, 1.82) is 0 Å². The van der Waals surface area contributed by atoms with E-state index in [9.17, 15) is 4.79 Å². The third kappa shape index (κ3) is 5.53. The Bertz CT molecular complexity index is 1490. The minimum absolute atomic E-state index is 0.0926. The van der Waals surface area contributed by atoms with Crippen LogP contribution in [0.3, 0.4) is 0 Å². The molecule has 0 aliphatic heterocycles. The first-order valence-electron chi connectivity index (χ1n) is 12.2. The Morgan fingerprint density at radius 1 is 1.00 bits per heavy atom. The molecule has 5 N–H and O–H groups in total. The average molecular weight is 496 g/mol. The Labute approximate surface area is 214 Å². The first-order valence-corrected chi connectivity index (χ1v) is 12.2. The third-order valence-electron chi connectivity index (χ3n) is 6.02. The van der Waals surface area contributed by atoms with Crippen LogP contribution >= 0.6 is 0 Å². The monoisotopic (exact) mass is 495 g/mol. The van der Waals surface area contributed by atoms with Crippen LogP contribution in [0.5, 0.6) is 0 Å². The zero-order valence-corrected chi connectivity index (χ0v) is 20.5. The van der Waals surface area contributed by atoms with Gasteiger partial charge in [0, 0.05) is 65.6 Å². The molecule has 3 aromatic heterocycles. The summed E-state index contributed by atoms with van der Waals surface area (Å²) in [6.45, 7) is 4.03. The van der Waals surface area contributed by atoms with Crippen LogP contribution in [0, 0.1) is 0 Å². The predicted molar refractivity (Wildman–Crippen MR) is 146 cm³/mol. The molecule has 9 heteroatoms. The number of benzene rings is 2. The number of pyridine rings is 1. The quantitative estimate of drug-likeness (QED) is 0.188. The van der Waals surface area contributed by atoms with E-state index in [1.807, 2.05) is 65.3 Å². The lowest BCUT2D eigenvalue weighted by Crippen LogP contribution is -2.19. The first kappa shape index (κ1) is 24.2. The number of hydrogen-bond acceptors (Lipinski definition) is 5. The molecule has 2 amide bonds. The van der Waals surface area contributed by atoms with E-state index in [4.69, 9.17) is 10.2 Å². The predicted octanol–water partition coefficient (Wildman–Crippen LogP) is 4.84. The minimum Gasteiger partial charge on any atom is -0.395 e. The summed E-state index contributed by atoms with van der Waals surface area (Å²) in [5, 5.41) is 23.8. The SMILES string of the molecule is CCn1cc(-c2ccnc3[nH]c(CNCCO)cc23)c(-c2ccc(NC(=O)Nc3ccccc3)cc2)n1. The third-order valence-corrected chi connectivity index (χ3v) is 6.02. The van der Waals surface area contributed by atoms with Gasteiger partial charge in [0.15, 0.2) is 0 Å². The van der Waals surface area contributed by atoms with Gasteiger partial charge in [-0.1, -0.05) is 30.3 Å². The molecule has 188 valence electrons. The summed E-state index contributed by atoms with van der Waals surface area (Å²) in [6.07, 6.45) is 3.85. The molecule has 0 unspecified atom stereocenters. The van der Waals surface area contributed by atoms with E-state index in [1.54, 1.807) is 6.20 Å². The van der Waals surface area contributed by atoms with Crippen molar-refractivity contribution in [3.05, 3.63) is 84.8 Å². The van der Waals surface area contributed by atoms with Gasteiger partial charge in [-0.3, -0.25) is 4.68 Å². The molecule has 37 heavy (non-hydrogen) atoms. The number of aliphatic hydroxyl groups excluding tert-OH is 1. The fraction of sp³-hybridized carbons (Fsp3) is 0.179. The van der Waals surface area contributed by atoms with E-state index in [1.165, 1.54) is 0 Å². The highest BCUT2D eigenvalue weighted by atomic mass is 16.3. The Morgan fingerprint density at radius 2 is 1.76 bits per heavy atom. The number of para-hydroxylation sites is 1. The molecule has 9 nitrogen and oxygen atoms in total. The average Bonchev–Trinajstić information content (AvgIpc) is 3.54. The molecule has 0 fully saturated rings. The molecule has 0 aliphatic carbocycles. The topological polar surface area (TPSA) is 120 Å². The van der Waals surface area contributed by atoms with E-state index in [0.29, 0.717) is 18.8 Å². The second kappa shape index (κ2) is 11.1. The van der Waals surface area contributed by atoms with Crippen LogP contribution in [-0.2, 0) is 13.1 Å². The number of aromatic amines is 1. The summed E-state index contributed by atoms with van der Waals surface area (Å²) in [5.74, 6) is 0. The molecular formula is C28H29N7O2. The zero-order chi connectivity index (χ0) is 25.6. The number of carbonyl (C=O) groups excluding carboxylic acids is 1. The number of aliphatic hydroxyl groups is 1. The number of aromatic nitrogens is 4. The molecule has 0 saturated carbocycles. The highest BCUT2D eigenvalue weighted by molar-refractivity contribution is 6.00. The number of amides is 2. The van der Waals surface area contributed by atoms with Crippen molar-refractivity contribution in [2.75, 3.05) is 23.8 Å². The summed E-state index contributed by atoms with van der Waals surface area (Å²) >= 11 is 0. The van der Waals surface area contributed by atoms with E-state index >= 15 is 0 Å². The number of urea groups is 1. The maximum Gasteiger partial charge on any atom is 0.323 e. The molecule has 2 aromatic carbocycles. The summed E-state index contributed by atoms with van der Waals surface area (Å²) in [7, 11) is 0. The number of nitrogens with one attached hydrogen (secondary N) is 4. The second-order valence-electron chi connectivity index (χ2n) is 8.59. The molecule has 0 spiro atoms. The van der Waals surface area contributed by atoms with Gasteiger partial charge in [-0.05, 0) is 48.9 Å². The lowest BCUT2D eigenvalue weighted by atomic mass is 10.00. The molecule has 5 rings (SSSR count). The van der Waals surface area contributed by atoms with Crippen molar-refractivity contribution < 1.29 is 9.90 Å². The summed E-state index contributed by atoms with van der Waals surface area (Å²) < 4.78 is 1.92. The Balaban J connectivity index is 1.41. The van der Waals surface area contributed by atoms with Crippen molar-refractivity contribution in [3.8, 4) is 22.4 Å². The van der Waals surface area contributed by atoms with E-state index in [-0.39, 0.29) is 12.6 Å². The van der Waals surface area contributed by atoms with E-state index < -0.39 is 0 Å². The van der Waals surface area contributed by atoms with Crippen molar-refractivity contribution in [2.24, 2.45) is 0 Å². The van der Waals surface area contributed by atoms with Gasteiger partial charge in [0.2, 0.25) is 0 Å². The number of nitrogens with zero attached hydrogens (tertiary/aromatic N) is 3. The number of rotatable bonds is 9. The van der Waals surface area contributed by atoms with Gasteiger partial charge < -0.3 is 26.0 Å². The van der Waals surface area contributed by atoms with Gasteiger partial charge in [0.05, 0.1) is 6.61 Å². The number of carbonyl (C=O) groups is 1. The number of aryl methyl sites for hydroxylation is 1. The number of fused-ring (bicyclic) bond motifs is 1. The fourth-order valence-corrected chi connectivity index (χ4v) is 4.23.